The first-order valence-electron chi connectivity index (χ1n) is 7.72. The van der Waals surface area contributed by atoms with Gasteiger partial charge >= 0.3 is 0 Å². The maximum atomic E-state index is 12.8. The van der Waals surface area contributed by atoms with Gasteiger partial charge in [0.25, 0.3) is 0 Å². The molecule has 6 nitrogen and oxygen atoms in total. The van der Waals surface area contributed by atoms with Gasteiger partial charge in [0.05, 0.1) is 10.0 Å². The molecule has 26 heavy (non-hydrogen) atoms. The fourth-order valence-corrected chi connectivity index (χ4v) is 7.64. The number of nitrogens with zero attached hydrogens (tertiary/aromatic N) is 1. The summed E-state index contributed by atoms with van der Waals surface area (Å²) in [6.07, 6.45) is 0.734. The van der Waals surface area contributed by atoms with Crippen LogP contribution in [0.5, 0.6) is 0 Å². The number of hydrogen-bond donors (Lipinski definition) is 1. The molecule has 0 unspecified atom stereocenters. The number of piperidine rings is 1. The standard InChI is InChI=1S/C15H16Cl2N2O4S3/c16-12-3-1-4-13(17)15(12)26(22,23)19-8-6-11(7-9-19)18-25(20,21)14-5-2-10-24-14/h1-5,10-11,18H,6-9H2. The van der Waals surface area contributed by atoms with Crippen LogP contribution in [0.3, 0.4) is 0 Å². The molecule has 1 aliphatic rings. The van der Waals surface area contributed by atoms with Crippen molar-refractivity contribution in [3.05, 3.63) is 45.8 Å². The van der Waals surface area contributed by atoms with E-state index in [9.17, 15) is 16.8 Å². The molecule has 1 saturated heterocycles. The molecule has 1 aromatic carbocycles. The number of benzene rings is 1. The third kappa shape index (κ3) is 4.09. The molecule has 3 rings (SSSR count). The maximum Gasteiger partial charge on any atom is 0.250 e. The molecule has 2 heterocycles. The number of rotatable bonds is 5. The molecular weight excluding hydrogens is 439 g/mol. The van der Waals surface area contributed by atoms with Gasteiger partial charge in [0, 0.05) is 19.1 Å². The summed E-state index contributed by atoms with van der Waals surface area (Å²) in [5, 5.41) is 1.83. The highest BCUT2D eigenvalue weighted by molar-refractivity contribution is 7.91. The van der Waals surface area contributed by atoms with Gasteiger partial charge in [-0.25, -0.2) is 21.6 Å². The molecule has 0 bridgehead atoms. The monoisotopic (exact) mass is 454 g/mol. The van der Waals surface area contributed by atoms with E-state index >= 15 is 0 Å². The molecule has 0 aliphatic carbocycles. The highest BCUT2D eigenvalue weighted by Gasteiger charge is 2.33. The average molecular weight is 455 g/mol. The van der Waals surface area contributed by atoms with Crippen LogP contribution in [0.2, 0.25) is 10.0 Å². The second kappa shape index (κ2) is 7.75. The Balaban J connectivity index is 1.71. The van der Waals surface area contributed by atoms with Crippen LogP contribution < -0.4 is 4.72 Å². The number of nitrogens with one attached hydrogen (secondary N) is 1. The minimum absolute atomic E-state index is 0.0676. The third-order valence-corrected chi connectivity index (χ3v) is 9.83. The molecule has 0 radical (unpaired) electrons. The number of sulfonamides is 2. The zero-order valence-corrected chi connectivity index (χ0v) is 17.4. The Labute approximate surface area is 166 Å². The molecule has 2 aromatic rings. The summed E-state index contributed by atoms with van der Waals surface area (Å²) in [5.74, 6) is 0. The molecule has 1 fully saturated rings. The Morgan fingerprint density at radius 2 is 1.62 bits per heavy atom. The second-order valence-corrected chi connectivity index (χ2v) is 11.4. The first-order valence-corrected chi connectivity index (χ1v) is 12.3. The smallest absolute Gasteiger partial charge is 0.207 e. The minimum Gasteiger partial charge on any atom is -0.207 e. The minimum atomic E-state index is -3.84. The normalized spacial score (nSPS) is 17.5. The largest absolute Gasteiger partial charge is 0.250 e. The van der Waals surface area contributed by atoms with Gasteiger partial charge < -0.3 is 0 Å². The van der Waals surface area contributed by atoms with E-state index in [1.54, 1.807) is 17.5 Å². The van der Waals surface area contributed by atoms with E-state index < -0.39 is 20.0 Å². The number of halogens is 2. The van der Waals surface area contributed by atoms with Crippen LogP contribution >= 0.6 is 34.5 Å². The van der Waals surface area contributed by atoms with Crippen molar-refractivity contribution >= 4 is 54.6 Å². The van der Waals surface area contributed by atoms with Crippen LogP contribution in [0.1, 0.15) is 12.8 Å². The van der Waals surface area contributed by atoms with Gasteiger partial charge in [0.1, 0.15) is 9.10 Å². The van der Waals surface area contributed by atoms with E-state index in [1.165, 1.54) is 22.5 Å². The highest BCUT2D eigenvalue weighted by atomic mass is 35.5. The van der Waals surface area contributed by atoms with Gasteiger partial charge in [-0.15, -0.1) is 11.3 Å². The van der Waals surface area contributed by atoms with Crippen LogP contribution in [0.25, 0.3) is 0 Å². The average Bonchev–Trinajstić information content (AvgIpc) is 3.10. The molecular formula is C15H16Cl2N2O4S3. The van der Waals surface area contributed by atoms with Crippen molar-refractivity contribution in [1.29, 1.82) is 0 Å². The van der Waals surface area contributed by atoms with E-state index in [0.29, 0.717) is 12.8 Å². The van der Waals surface area contributed by atoms with Crippen molar-refractivity contribution < 1.29 is 16.8 Å². The summed E-state index contributed by atoms with van der Waals surface area (Å²) >= 11 is 13.2. The lowest BCUT2D eigenvalue weighted by molar-refractivity contribution is 0.308. The topological polar surface area (TPSA) is 83.6 Å². The lowest BCUT2D eigenvalue weighted by Gasteiger charge is -2.31. The Bertz CT molecular complexity index is 964. The van der Waals surface area contributed by atoms with E-state index in [0.717, 1.165) is 11.3 Å². The summed E-state index contributed by atoms with van der Waals surface area (Å²) in [6, 6.07) is 7.41. The van der Waals surface area contributed by atoms with Crippen molar-refractivity contribution in [1.82, 2.24) is 9.03 Å². The molecule has 0 spiro atoms. The lowest BCUT2D eigenvalue weighted by Crippen LogP contribution is -2.46. The quantitative estimate of drug-likeness (QED) is 0.751. The predicted octanol–water partition coefficient (Wildman–Crippen LogP) is 3.19. The molecule has 11 heteroatoms. The summed E-state index contributed by atoms with van der Waals surface area (Å²) in [7, 11) is -7.42. The van der Waals surface area contributed by atoms with Crippen molar-refractivity contribution in [2.45, 2.75) is 28.0 Å². The summed E-state index contributed by atoms with van der Waals surface area (Å²) < 4.78 is 54.4. The van der Waals surface area contributed by atoms with E-state index in [1.807, 2.05) is 0 Å². The predicted molar refractivity (Wildman–Crippen MR) is 103 cm³/mol. The van der Waals surface area contributed by atoms with Crippen molar-refractivity contribution in [3.8, 4) is 0 Å². The molecule has 1 aromatic heterocycles. The van der Waals surface area contributed by atoms with Crippen LogP contribution in [0.15, 0.2) is 44.8 Å². The lowest BCUT2D eigenvalue weighted by atomic mass is 10.1. The van der Waals surface area contributed by atoms with Gasteiger partial charge in [0.2, 0.25) is 20.0 Å². The van der Waals surface area contributed by atoms with E-state index in [4.69, 9.17) is 23.2 Å². The Hall–Kier alpha value is -0.680. The highest BCUT2D eigenvalue weighted by Crippen LogP contribution is 2.32. The molecule has 0 amide bonds. The van der Waals surface area contributed by atoms with Crippen LogP contribution in [0.4, 0.5) is 0 Å². The third-order valence-electron chi connectivity index (χ3n) is 4.05. The summed E-state index contributed by atoms with van der Waals surface area (Å²) in [5.41, 5.74) is 0. The van der Waals surface area contributed by atoms with Gasteiger partial charge in [-0.1, -0.05) is 35.3 Å². The summed E-state index contributed by atoms with van der Waals surface area (Å²) in [4.78, 5) is -0.110. The second-order valence-electron chi connectivity index (χ2n) is 5.78. The maximum absolute atomic E-state index is 12.8. The number of thiophene rings is 1. The van der Waals surface area contributed by atoms with Crippen molar-refractivity contribution in [2.75, 3.05) is 13.1 Å². The first kappa shape index (κ1) is 20.1. The van der Waals surface area contributed by atoms with Gasteiger partial charge in [0.15, 0.2) is 0 Å². The zero-order chi connectivity index (χ0) is 18.9. The Kier molecular flexibility index (Phi) is 5.98. The first-order chi connectivity index (χ1) is 12.2. The van der Waals surface area contributed by atoms with Crippen LogP contribution in [-0.2, 0) is 20.0 Å². The fraction of sp³-hybridized carbons (Fsp3) is 0.333. The van der Waals surface area contributed by atoms with Gasteiger partial charge in [-0.3, -0.25) is 0 Å². The molecule has 1 aliphatic heterocycles. The molecule has 0 saturated carbocycles. The van der Waals surface area contributed by atoms with Gasteiger partial charge in [-0.05, 0) is 36.4 Å². The Morgan fingerprint density at radius 3 is 2.15 bits per heavy atom. The fourth-order valence-electron chi connectivity index (χ4n) is 2.77. The summed E-state index contributed by atoms with van der Waals surface area (Å²) in [6.45, 7) is 0.364. The number of hydrogen-bond acceptors (Lipinski definition) is 5. The van der Waals surface area contributed by atoms with Crippen LogP contribution in [0, 0.1) is 0 Å². The van der Waals surface area contributed by atoms with E-state index in [2.05, 4.69) is 4.72 Å². The van der Waals surface area contributed by atoms with Crippen molar-refractivity contribution in [2.24, 2.45) is 0 Å². The SMILES string of the molecule is O=S(=O)(NC1CCN(S(=O)(=O)c2c(Cl)cccc2Cl)CC1)c1cccs1. The van der Waals surface area contributed by atoms with Crippen LogP contribution in [-0.4, -0.2) is 40.3 Å². The van der Waals surface area contributed by atoms with E-state index in [-0.39, 0.29) is 38.3 Å². The molecule has 1 N–H and O–H groups in total. The van der Waals surface area contributed by atoms with Crippen molar-refractivity contribution in [3.63, 3.8) is 0 Å². The molecule has 0 atom stereocenters. The molecule has 142 valence electrons. The van der Waals surface area contributed by atoms with Gasteiger partial charge in [-0.2, -0.15) is 4.31 Å². The zero-order valence-electron chi connectivity index (χ0n) is 13.4. The Morgan fingerprint density at radius 1 is 1.00 bits per heavy atom.